The fraction of sp³-hybridized carbons (Fsp3) is 0.462. The van der Waals surface area contributed by atoms with Crippen LogP contribution in [0.1, 0.15) is 19.4 Å². The summed E-state index contributed by atoms with van der Waals surface area (Å²) in [5.41, 5.74) is 0.201. The molecule has 0 unspecified atom stereocenters. The van der Waals surface area contributed by atoms with E-state index in [9.17, 15) is 26.4 Å². The van der Waals surface area contributed by atoms with E-state index in [1.165, 1.54) is 5.48 Å². The molecule has 2 N–H and O–H groups in total. The Morgan fingerprint density at radius 2 is 1.96 bits per heavy atom. The van der Waals surface area contributed by atoms with Crippen molar-refractivity contribution < 1.29 is 31.6 Å². The predicted molar refractivity (Wildman–Crippen MR) is 75.0 cm³/mol. The second kappa shape index (κ2) is 7.28. The van der Waals surface area contributed by atoms with Crippen molar-refractivity contribution in [2.24, 2.45) is 5.92 Å². The summed E-state index contributed by atoms with van der Waals surface area (Å²) in [4.78, 5) is 10.7. The molecule has 0 aliphatic heterocycles. The normalized spacial score (nSPS) is 12.7. The highest BCUT2D eigenvalue weighted by atomic mass is 32.2. The molecule has 0 spiro atoms. The van der Waals surface area contributed by atoms with Gasteiger partial charge in [0.05, 0.1) is 17.0 Å². The number of carbonyl (C=O) groups is 1. The molecule has 0 aromatic heterocycles. The third-order valence-corrected chi connectivity index (χ3v) is 4.62. The van der Waals surface area contributed by atoms with Crippen molar-refractivity contribution in [2.45, 2.75) is 24.9 Å². The van der Waals surface area contributed by atoms with Gasteiger partial charge >= 0.3 is 6.18 Å². The molecule has 130 valence electrons. The van der Waals surface area contributed by atoms with E-state index in [2.05, 4.69) is 0 Å². The van der Waals surface area contributed by atoms with Crippen LogP contribution in [0.2, 0.25) is 0 Å². The minimum Gasteiger partial charge on any atom is -0.289 e. The van der Waals surface area contributed by atoms with Crippen LogP contribution < -0.4 is 5.48 Å². The van der Waals surface area contributed by atoms with Crippen molar-refractivity contribution in [3.63, 3.8) is 0 Å². The van der Waals surface area contributed by atoms with Crippen LogP contribution in [0.3, 0.4) is 0 Å². The Balaban J connectivity index is 3.26. The lowest BCUT2D eigenvalue weighted by molar-refractivity contribution is -0.137. The van der Waals surface area contributed by atoms with Crippen LogP contribution in [0.15, 0.2) is 29.2 Å². The molecular formula is C13H17F3N2O4S. The Labute approximate surface area is 131 Å². The summed E-state index contributed by atoms with van der Waals surface area (Å²) in [5.74, 6) is -1.16. The first-order valence-corrected chi connectivity index (χ1v) is 8.03. The van der Waals surface area contributed by atoms with Crippen molar-refractivity contribution >= 4 is 15.9 Å². The van der Waals surface area contributed by atoms with Gasteiger partial charge in [0.2, 0.25) is 10.0 Å². The van der Waals surface area contributed by atoms with Gasteiger partial charge in [0.15, 0.2) is 0 Å². The summed E-state index contributed by atoms with van der Waals surface area (Å²) in [7, 11) is -4.32. The quantitative estimate of drug-likeness (QED) is 0.603. The van der Waals surface area contributed by atoms with Crippen LogP contribution in [-0.2, 0) is 21.0 Å². The number of hydrogen-bond acceptors (Lipinski definition) is 4. The molecule has 1 aromatic rings. The number of halogens is 3. The Morgan fingerprint density at radius 1 is 1.35 bits per heavy atom. The van der Waals surface area contributed by atoms with Crippen LogP contribution >= 0.6 is 0 Å². The molecule has 10 heteroatoms. The van der Waals surface area contributed by atoms with E-state index in [4.69, 9.17) is 5.21 Å². The predicted octanol–water partition coefficient (Wildman–Crippen LogP) is 1.86. The average Bonchev–Trinajstić information content (AvgIpc) is 2.45. The highest BCUT2D eigenvalue weighted by Crippen LogP contribution is 2.31. The maximum atomic E-state index is 12.7. The smallest absolute Gasteiger partial charge is 0.289 e. The summed E-state index contributed by atoms with van der Waals surface area (Å²) in [6.07, 6.45) is -4.68. The molecule has 0 heterocycles. The van der Waals surface area contributed by atoms with Crippen molar-refractivity contribution in [1.29, 1.82) is 0 Å². The summed E-state index contributed by atoms with van der Waals surface area (Å²) >= 11 is 0. The Morgan fingerprint density at radius 3 is 2.43 bits per heavy atom. The number of carbonyl (C=O) groups excluding carboxylic acids is 1. The first kappa shape index (κ1) is 19.4. The number of rotatable bonds is 6. The molecule has 0 atom stereocenters. The maximum absolute atomic E-state index is 12.7. The van der Waals surface area contributed by atoms with Crippen LogP contribution in [0, 0.1) is 5.92 Å². The average molecular weight is 354 g/mol. The van der Waals surface area contributed by atoms with E-state index >= 15 is 0 Å². The van der Waals surface area contributed by atoms with E-state index in [-0.39, 0.29) is 12.5 Å². The largest absolute Gasteiger partial charge is 0.416 e. The number of nitrogens with zero attached hydrogens (tertiary/aromatic N) is 1. The number of alkyl halides is 3. The lowest BCUT2D eigenvalue weighted by Crippen LogP contribution is -2.41. The lowest BCUT2D eigenvalue weighted by Gasteiger charge is -2.23. The molecular weight excluding hydrogens is 337 g/mol. The third-order valence-electron chi connectivity index (χ3n) is 2.81. The second-order valence-electron chi connectivity index (χ2n) is 5.25. The molecule has 1 amide bonds. The van der Waals surface area contributed by atoms with Gasteiger partial charge in [0.1, 0.15) is 0 Å². The minimum absolute atomic E-state index is 0.0913. The van der Waals surface area contributed by atoms with Crippen molar-refractivity contribution in [3.05, 3.63) is 29.8 Å². The number of nitrogens with one attached hydrogen (secondary N) is 1. The van der Waals surface area contributed by atoms with E-state index in [0.29, 0.717) is 6.07 Å². The molecule has 0 aliphatic rings. The van der Waals surface area contributed by atoms with E-state index < -0.39 is 39.1 Å². The van der Waals surface area contributed by atoms with Gasteiger partial charge in [-0.2, -0.15) is 17.5 Å². The molecule has 0 radical (unpaired) electrons. The highest BCUT2D eigenvalue weighted by molar-refractivity contribution is 7.89. The van der Waals surface area contributed by atoms with Crippen molar-refractivity contribution in [3.8, 4) is 0 Å². The zero-order valence-corrected chi connectivity index (χ0v) is 13.3. The van der Waals surface area contributed by atoms with Gasteiger partial charge in [-0.1, -0.05) is 19.9 Å². The Bertz CT molecular complexity index is 659. The minimum atomic E-state index is -4.68. The summed E-state index contributed by atoms with van der Waals surface area (Å²) in [6.45, 7) is 2.58. The van der Waals surface area contributed by atoms with E-state index in [1.807, 2.05) is 0 Å². The van der Waals surface area contributed by atoms with Gasteiger partial charge in [-0.05, 0) is 24.1 Å². The molecule has 0 saturated heterocycles. The van der Waals surface area contributed by atoms with Crippen LogP contribution in [0.25, 0.3) is 0 Å². The Hall–Kier alpha value is -1.65. The van der Waals surface area contributed by atoms with Gasteiger partial charge in [-0.3, -0.25) is 10.0 Å². The topological polar surface area (TPSA) is 86.7 Å². The fourth-order valence-electron chi connectivity index (χ4n) is 1.83. The van der Waals surface area contributed by atoms with Gasteiger partial charge in [-0.25, -0.2) is 13.9 Å². The third kappa shape index (κ3) is 5.19. The SMILES string of the molecule is CC(C)CN(CC(=O)NO)S(=O)(=O)c1cccc(C(F)(F)F)c1. The number of benzene rings is 1. The van der Waals surface area contributed by atoms with E-state index in [0.717, 1.165) is 22.5 Å². The molecule has 0 aliphatic carbocycles. The van der Waals surface area contributed by atoms with Crippen molar-refractivity contribution in [2.75, 3.05) is 13.1 Å². The summed E-state index contributed by atoms with van der Waals surface area (Å²) in [5, 5.41) is 8.54. The zero-order chi connectivity index (χ0) is 17.8. The number of amides is 1. The monoisotopic (exact) mass is 354 g/mol. The maximum Gasteiger partial charge on any atom is 0.416 e. The van der Waals surface area contributed by atoms with Crippen LogP contribution in [0.5, 0.6) is 0 Å². The van der Waals surface area contributed by atoms with Gasteiger partial charge in [-0.15, -0.1) is 0 Å². The number of hydroxylamine groups is 1. The zero-order valence-electron chi connectivity index (χ0n) is 12.5. The first-order valence-electron chi connectivity index (χ1n) is 6.59. The molecule has 0 saturated carbocycles. The Kier molecular flexibility index (Phi) is 6.14. The standard InChI is InChI=1S/C13H17F3N2O4S/c1-9(2)7-18(8-12(19)17-20)23(21,22)11-5-3-4-10(6-11)13(14,15)16/h3-6,9,20H,7-8H2,1-2H3,(H,17,19). The molecule has 0 fully saturated rings. The van der Waals surface area contributed by atoms with Crippen LogP contribution in [0.4, 0.5) is 13.2 Å². The highest BCUT2D eigenvalue weighted by Gasteiger charge is 2.33. The van der Waals surface area contributed by atoms with E-state index in [1.54, 1.807) is 13.8 Å². The molecule has 23 heavy (non-hydrogen) atoms. The van der Waals surface area contributed by atoms with Crippen LogP contribution in [-0.4, -0.2) is 36.9 Å². The molecule has 0 bridgehead atoms. The summed E-state index contributed by atoms with van der Waals surface area (Å²) < 4.78 is 63.9. The van der Waals surface area contributed by atoms with Crippen molar-refractivity contribution in [1.82, 2.24) is 9.79 Å². The first-order chi connectivity index (χ1) is 10.5. The molecule has 6 nitrogen and oxygen atoms in total. The number of hydrogen-bond donors (Lipinski definition) is 2. The summed E-state index contributed by atoms with van der Waals surface area (Å²) in [6, 6.07) is 3.27. The molecule has 1 rings (SSSR count). The fourth-order valence-corrected chi connectivity index (χ4v) is 3.44. The number of sulfonamides is 1. The second-order valence-corrected chi connectivity index (χ2v) is 7.19. The van der Waals surface area contributed by atoms with Gasteiger partial charge in [0.25, 0.3) is 5.91 Å². The lowest BCUT2D eigenvalue weighted by atomic mass is 10.2. The van der Waals surface area contributed by atoms with Gasteiger partial charge < -0.3 is 0 Å². The molecule has 1 aromatic carbocycles. The van der Waals surface area contributed by atoms with Gasteiger partial charge in [0, 0.05) is 6.54 Å².